The Morgan fingerprint density at radius 2 is 1.85 bits per heavy atom. The molecule has 108 valence electrons. The summed E-state index contributed by atoms with van der Waals surface area (Å²) in [7, 11) is 0. The van der Waals surface area contributed by atoms with Crippen LogP contribution >= 0.6 is 0 Å². The Labute approximate surface area is 120 Å². The van der Waals surface area contributed by atoms with Crippen LogP contribution in [0.3, 0.4) is 0 Å². The molecule has 1 aliphatic heterocycles. The molecule has 0 unspecified atom stereocenters. The average Bonchev–Trinajstić information content (AvgIpc) is 2.46. The van der Waals surface area contributed by atoms with Gasteiger partial charge in [0.2, 0.25) is 0 Å². The lowest BCUT2D eigenvalue weighted by Crippen LogP contribution is -2.36. The molecule has 0 spiro atoms. The molecule has 0 aliphatic carbocycles. The summed E-state index contributed by atoms with van der Waals surface area (Å²) in [5, 5.41) is 8.91. The van der Waals surface area contributed by atoms with E-state index in [4.69, 9.17) is 5.11 Å². The Morgan fingerprint density at radius 3 is 2.35 bits per heavy atom. The van der Waals surface area contributed by atoms with Crippen LogP contribution in [0.4, 0.5) is 4.79 Å². The number of rotatable bonds is 3. The molecule has 1 fully saturated rings. The van der Waals surface area contributed by atoms with Gasteiger partial charge in [-0.25, -0.2) is 4.79 Å². The number of carbonyl (C=O) groups is 1. The molecule has 0 saturated carbocycles. The first-order valence-corrected chi connectivity index (χ1v) is 7.32. The van der Waals surface area contributed by atoms with Gasteiger partial charge in [0.1, 0.15) is 0 Å². The lowest BCUT2D eigenvalue weighted by Gasteiger charge is -2.28. The van der Waals surface area contributed by atoms with Crippen molar-refractivity contribution in [1.29, 1.82) is 0 Å². The molecule has 3 nitrogen and oxygen atoms in total. The van der Waals surface area contributed by atoms with Gasteiger partial charge in [-0.15, -0.1) is 0 Å². The van der Waals surface area contributed by atoms with Crippen molar-refractivity contribution in [1.82, 2.24) is 4.90 Å². The highest BCUT2D eigenvalue weighted by Crippen LogP contribution is 2.20. The molecule has 1 saturated heterocycles. The highest BCUT2D eigenvalue weighted by molar-refractivity contribution is 5.65. The molecule has 1 amide bonds. The normalized spacial score (nSPS) is 17.1. The van der Waals surface area contributed by atoms with Crippen LogP contribution in [0.1, 0.15) is 43.7 Å². The Balaban J connectivity index is 1.89. The van der Waals surface area contributed by atoms with E-state index in [0.29, 0.717) is 24.9 Å². The fourth-order valence-electron chi connectivity index (χ4n) is 2.52. The number of carboxylic acid groups (broad SMARTS) is 1. The van der Waals surface area contributed by atoms with E-state index >= 15 is 0 Å². The average molecular weight is 273 g/mol. The number of amides is 1. The number of piperidine rings is 1. The van der Waals surface area contributed by atoms with Gasteiger partial charge in [-0.3, -0.25) is 0 Å². The molecule has 0 aromatic heterocycles. The van der Waals surface area contributed by atoms with Gasteiger partial charge >= 0.3 is 6.09 Å². The van der Waals surface area contributed by atoms with Crippen LogP contribution in [0, 0.1) is 5.92 Å². The van der Waals surface area contributed by atoms with Crippen LogP contribution in [0.15, 0.2) is 30.3 Å². The first-order chi connectivity index (χ1) is 9.56. The smallest absolute Gasteiger partial charge is 0.407 e. The molecule has 20 heavy (non-hydrogen) atoms. The predicted molar refractivity (Wildman–Crippen MR) is 81.9 cm³/mol. The zero-order valence-electron chi connectivity index (χ0n) is 12.2. The molecule has 0 radical (unpaired) electrons. The highest BCUT2D eigenvalue weighted by atomic mass is 16.4. The number of nitrogens with zero attached hydrogens (tertiary/aromatic N) is 1. The zero-order chi connectivity index (χ0) is 14.5. The minimum absolute atomic E-state index is 0.496. The maximum atomic E-state index is 10.8. The molecular formula is C17H23NO2. The number of allylic oxidation sites excluding steroid dienone is 1. The van der Waals surface area contributed by atoms with E-state index in [0.717, 1.165) is 12.8 Å². The summed E-state index contributed by atoms with van der Waals surface area (Å²) in [6, 6.07) is 8.66. The van der Waals surface area contributed by atoms with E-state index in [2.05, 4.69) is 50.3 Å². The Hall–Kier alpha value is -1.77. The fraction of sp³-hybridized carbons (Fsp3) is 0.471. The van der Waals surface area contributed by atoms with Gasteiger partial charge in [0.25, 0.3) is 0 Å². The Morgan fingerprint density at radius 1 is 1.25 bits per heavy atom. The van der Waals surface area contributed by atoms with E-state index < -0.39 is 6.09 Å². The lowest BCUT2D eigenvalue weighted by molar-refractivity contribution is 0.129. The fourth-order valence-corrected chi connectivity index (χ4v) is 2.52. The summed E-state index contributed by atoms with van der Waals surface area (Å²) in [5.74, 6) is 1.06. The minimum Gasteiger partial charge on any atom is -0.465 e. The van der Waals surface area contributed by atoms with Crippen molar-refractivity contribution < 1.29 is 9.90 Å². The molecule has 1 N–H and O–H groups in total. The highest BCUT2D eigenvalue weighted by Gasteiger charge is 2.20. The monoisotopic (exact) mass is 273 g/mol. The van der Waals surface area contributed by atoms with Crippen LogP contribution in [0.25, 0.3) is 6.08 Å². The van der Waals surface area contributed by atoms with Gasteiger partial charge in [-0.2, -0.15) is 0 Å². The van der Waals surface area contributed by atoms with Crippen molar-refractivity contribution in [3.63, 3.8) is 0 Å². The van der Waals surface area contributed by atoms with Gasteiger partial charge in [0.05, 0.1) is 0 Å². The molecule has 1 aromatic rings. The van der Waals surface area contributed by atoms with Crippen molar-refractivity contribution >= 4 is 12.2 Å². The van der Waals surface area contributed by atoms with Crippen molar-refractivity contribution in [2.45, 2.75) is 32.6 Å². The third kappa shape index (κ3) is 3.86. The van der Waals surface area contributed by atoms with Gasteiger partial charge in [0, 0.05) is 13.1 Å². The van der Waals surface area contributed by atoms with Gasteiger partial charge < -0.3 is 10.0 Å². The Kier molecular flexibility index (Phi) is 4.83. The number of hydrogen-bond donors (Lipinski definition) is 1. The number of hydrogen-bond acceptors (Lipinski definition) is 1. The second kappa shape index (κ2) is 6.60. The van der Waals surface area contributed by atoms with Gasteiger partial charge in [-0.1, -0.05) is 50.3 Å². The van der Waals surface area contributed by atoms with Gasteiger partial charge in [-0.05, 0) is 35.8 Å². The van der Waals surface area contributed by atoms with Crippen LogP contribution in [0.2, 0.25) is 0 Å². The maximum Gasteiger partial charge on any atom is 0.407 e. The first kappa shape index (κ1) is 14.6. The SMILES string of the molecule is CC(C)c1ccc(C=CC2CCN(C(=O)O)CC2)cc1. The quantitative estimate of drug-likeness (QED) is 0.896. The largest absolute Gasteiger partial charge is 0.465 e. The van der Waals surface area contributed by atoms with E-state index in [1.165, 1.54) is 16.0 Å². The summed E-state index contributed by atoms with van der Waals surface area (Å²) >= 11 is 0. The van der Waals surface area contributed by atoms with Crippen LogP contribution in [0.5, 0.6) is 0 Å². The summed E-state index contributed by atoms with van der Waals surface area (Å²) in [4.78, 5) is 12.3. The summed E-state index contributed by atoms with van der Waals surface area (Å²) in [5.41, 5.74) is 2.58. The van der Waals surface area contributed by atoms with E-state index in [1.807, 2.05) is 0 Å². The summed E-state index contributed by atoms with van der Waals surface area (Å²) in [6.07, 6.45) is 5.44. The predicted octanol–water partition coefficient (Wildman–Crippen LogP) is 4.21. The van der Waals surface area contributed by atoms with E-state index in [9.17, 15) is 4.79 Å². The third-order valence-electron chi connectivity index (χ3n) is 3.97. The molecule has 3 heteroatoms. The minimum atomic E-state index is -0.795. The maximum absolute atomic E-state index is 10.8. The molecular weight excluding hydrogens is 250 g/mol. The summed E-state index contributed by atoms with van der Waals surface area (Å²) in [6.45, 7) is 5.69. The second-order valence-corrected chi connectivity index (χ2v) is 5.79. The van der Waals surface area contributed by atoms with Crippen molar-refractivity contribution in [2.24, 2.45) is 5.92 Å². The van der Waals surface area contributed by atoms with E-state index in [-0.39, 0.29) is 0 Å². The molecule has 0 bridgehead atoms. The van der Waals surface area contributed by atoms with E-state index in [1.54, 1.807) is 0 Å². The third-order valence-corrected chi connectivity index (χ3v) is 3.97. The molecule has 2 rings (SSSR count). The first-order valence-electron chi connectivity index (χ1n) is 7.32. The molecule has 1 aliphatic rings. The van der Waals surface area contributed by atoms with Crippen LogP contribution in [-0.2, 0) is 0 Å². The standard InChI is InChI=1S/C17H23NO2/c1-13(2)16-7-5-14(6-8-16)3-4-15-9-11-18(12-10-15)17(19)20/h3-8,13,15H,9-12H2,1-2H3,(H,19,20). The topological polar surface area (TPSA) is 40.5 Å². The van der Waals surface area contributed by atoms with Crippen LogP contribution < -0.4 is 0 Å². The molecule has 0 atom stereocenters. The van der Waals surface area contributed by atoms with Crippen molar-refractivity contribution in [3.05, 3.63) is 41.5 Å². The summed E-state index contributed by atoms with van der Waals surface area (Å²) < 4.78 is 0. The molecule has 1 heterocycles. The zero-order valence-corrected chi connectivity index (χ0v) is 12.2. The second-order valence-electron chi connectivity index (χ2n) is 5.79. The molecule has 1 aromatic carbocycles. The number of benzene rings is 1. The Bertz CT molecular complexity index is 468. The van der Waals surface area contributed by atoms with Gasteiger partial charge in [0.15, 0.2) is 0 Å². The van der Waals surface area contributed by atoms with Crippen LogP contribution in [-0.4, -0.2) is 29.2 Å². The lowest BCUT2D eigenvalue weighted by atomic mass is 9.95. The number of likely N-dealkylation sites (tertiary alicyclic amines) is 1. The van der Waals surface area contributed by atoms with Crippen molar-refractivity contribution in [2.75, 3.05) is 13.1 Å². The van der Waals surface area contributed by atoms with Crippen molar-refractivity contribution in [3.8, 4) is 0 Å².